The van der Waals surface area contributed by atoms with Crippen LogP contribution in [0.2, 0.25) is 0 Å². The van der Waals surface area contributed by atoms with E-state index >= 15 is 0 Å². The maximum absolute atomic E-state index is 2.74. The zero-order valence-corrected chi connectivity index (χ0v) is 12.6. The molecule has 0 aromatic carbocycles. The minimum absolute atomic E-state index is 0.721. The standard InChI is InChI=1S/C16H32N2/c1-17(2)12-8-13-18-14-11-16(15-18)9-6-4-3-5-7-10-16/h3-15H2,1-2H3. The third kappa shape index (κ3) is 4.24. The molecule has 1 aliphatic heterocycles. The predicted molar refractivity (Wildman–Crippen MR) is 79.0 cm³/mol. The second kappa shape index (κ2) is 6.91. The Morgan fingerprint density at radius 1 is 0.944 bits per heavy atom. The fourth-order valence-electron chi connectivity index (χ4n) is 3.89. The maximum atomic E-state index is 2.74. The van der Waals surface area contributed by atoms with Crippen LogP contribution in [0.25, 0.3) is 0 Å². The molecular weight excluding hydrogens is 220 g/mol. The molecule has 1 heterocycles. The van der Waals surface area contributed by atoms with Crippen molar-refractivity contribution in [2.24, 2.45) is 5.41 Å². The molecule has 2 fully saturated rings. The molecule has 0 N–H and O–H groups in total. The van der Waals surface area contributed by atoms with Gasteiger partial charge in [0.2, 0.25) is 0 Å². The Labute approximate surface area is 114 Å². The minimum Gasteiger partial charge on any atom is -0.309 e. The molecule has 2 rings (SSSR count). The van der Waals surface area contributed by atoms with Crippen LogP contribution in [0.4, 0.5) is 0 Å². The molecule has 2 heteroatoms. The van der Waals surface area contributed by atoms with E-state index in [1.165, 1.54) is 84.0 Å². The molecule has 2 aliphatic rings. The zero-order valence-electron chi connectivity index (χ0n) is 12.6. The first kappa shape index (κ1) is 14.3. The lowest BCUT2D eigenvalue weighted by Gasteiger charge is -2.31. The van der Waals surface area contributed by atoms with Crippen molar-refractivity contribution in [3.8, 4) is 0 Å². The van der Waals surface area contributed by atoms with Crippen LogP contribution >= 0.6 is 0 Å². The van der Waals surface area contributed by atoms with Gasteiger partial charge in [-0.3, -0.25) is 0 Å². The minimum atomic E-state index is 0.721. The van der Waals surface area contributed by atoms with Gasteiger partial charge in [-0.15, -0.1) is 0 Å². The van der Waals surface area contributed by atoms with Gasteiger partial charge in [0, 0.05) is 6.54 Å². The first-order chi connectivity index (χ1) is 8.70. The molecule has 1 spiro atoms. The Bertz CT molecular complexity index is 229. The molecule has 0 amide bonds. The Kier molecular flexibility index (Phi) is 5.50. The van der Waals surface area contributed by atoms with E-state index in [0.29, 0.717) is 0 Å². The summed E-state index contributed by atoms with van der Waals surface area (Å²) in [5, 5.41) is 0. The van der Waals surface area contributed by atoms with E-state index in [1.54, 1.807) is 0 Å². The topological polar surface area (TPSA) is 6.48 Å². The Morgan fingerprint density at radius 2 is 1.61 bits per heavy atom. The molecule has 106 valence electrons. The smallest absolute Gasteiger partial charge is 0.00385 e. The van der Waals surface area contributed by atoms with Gasteiger partial charge < -0.3 is 9.80 Å². The maximum Gasteiger partial charge on any atom is 0.00385 e. The fourth-order valence-corrected chi connectivity index (χ4v) is 3.89. The van der Waals surface area contributed by atoms with Crippen LogP contribution in [0.1, 0.15) is 57.8 Å². The average molecular weight is 252 g/mol. The predicted octanol–water partition coefficient (Wildman–Crippen LogP) is 3.37. The second-order valence-corrected chi connectivity index (χ2v) is 6.95. The van der Waals surface area contributed by atoms with Crippen molar-refractivity contribution in [1.82, 2.24) is 9.80 Å². The molecule has 1 saturated heterocycles. The molecule has 0 aromatic rings. The highest BCUT2D eigenvalue weighted by Crippen LogP contribution is 2.41. The van der Waals surface area contributed by atoms with E-state index in [1.807, 2.05) is 0 Å². The number of nitrogens with zero attached hydrogens (tertiary/aromatic N) is 2. The van der Waals surface area contributed by atoms with Gasteiger partial charge >= 0.3 is 0 Å². The van der Waals surface area contributed by atoms with Crippen LogP contribution in [0.15, 0.2) is 0 Å². The molecule has 0 unspecified atom stereocenters. The summed E-state index contributed by atoms with van der Waals surface area (Å²) in [7, 11) is 4.36. The first-order valence-electron chi connectivity index (χ1n) is 8.07. The average Bonchev–Trinajstić information content (AvgIpc) is 2.68. The third-order valence-electron chi connectivity index (χ3n) is 5.01. The monoisotopic (exact) mass is 252 g/mol. The van der Waals surface area contributed by atoms with Crippen molar-refractivity contribution in [3.63, 3.8) is 0 Å². The summed E-state index contributed by atoms with van der Waals surface area (Å²) in [6.45, 7) is 5.33. The lowest BCUT2D eigenvalue weighted by atomic mass is 9.76. The highest BCUT2D eigenvalue weighted by molar-refractivity contribution is 4.90. The van der Waals surface area contributed by atoms with Gasteiger partial charge in [-0.2, -0.15) is 0 Å². The van der Waals surface area contributed by atoms with Gasteiger partial charge in [-0.05, 0) is 64.8 Å². The highest BCUT2D eigenvalue weighted by atomic mass is 15.2. The summed E-state index contributed by atoms with van der Waals surface area (Å²) < 4.78 is 0. The summed E-state index contributed by atoms with van der Waals surface area (Å²) in [5.41, 5.74) is 0.721. The van der Waals surface area contributed by atoms with Crippen LogP contribution in [-0.4, -0.2) is 50.1 Å². The normalized spacial score (nSPS) is 25.5. The molecule has 0 aromatic heterocycles. The molecule has 0 bridgehead atoms. The Balaban J connectivity index is 1.74. The van der Waals surface area contributed by atoms with Crippen LogP contribution in [0.5, 0.6) is 0 Å². The molecular formula is C16H32N2. The fraction of sp³-hybridized carbons (Fsp3) is 1.00. The van der Waals surface area contributed by atoms with Gasteiger partial charge in [0.25, 0.3) is 0 Å². The van der Waals surface area contributed by atoms with Gasteiger partial charge in [-0.1, -0.05) is 32.1 Å². The highest BCUT2D eigenvalue weighted by Gasteiger charge is 2.36. The molecule has 0 radical (unpaired) electrons. The van der Waals surface area contributed by atoms with E-state index in [0.717, 1.165) is 5.41 Å². The number of hydrogen-bond acceptors (Lipinski definition) is 2. The molecule has 1 aliphatic carbocycles. The number of likely N-dealkylation sites (tertiary alicyclic amines) is 1. The molecule has 0 atom stereocenters. The lowest BCUT2D eigenvalue weighted by molar-refractivity contribution is 0.199. The Morgan fingerprint density at radius 3 is 2.28 bits per heavy atom. The summed E-state index contributed by atoms with van der Waals surface area (Å²) in [6.07, 6.45) is 13.3. The SMILES string of the molecule is CN(C)CCCN1CCC2(CCCCCCC2)C1. The van der Waals surface area contributed by atoms with E-state index in [-0.39, 0.29) is 0 Å². The van der Waals surface area contributed by atoms with E-state index in [4.69, 9.17) is 0 Å². The van der Waals surface area contributed by atoms with E-state index in [2.05, 4.69) is 23.9 Å². The van der Waals surface area contributed by atoms with Crippen molar-refractivity contribution >= 4 is 0 Å². The van der Waals surface area contributed by atoms with Crippen LogP contribution in [-0.2, 0) is 0 Å². The summed E-state index contributed by atoms with van der Waals surface area (Å²) in [4.78, 5) is 5.05. The van der Waals surface area contributed by atoms with Crippen molar-refractivity contribution in [3.05, 3.63) is 0 Å². The molecule has 18 heavy (non-hydrogen) atoms. The van der Waals surface area contributed by atoms with E-state index in [9.17, 15) is 0 Å². The van der Waals surface area contributed by atoms with E-state index < -0.39 is 0 Å². The quantitative estimate of drug-likeness (QED) is 0.757. The summed E-state index contributed by atoms with van der Waals surface area (Å²) in [6, 6.07) is 0. The zero-order chi connectivity index (χ0) is 12.8. The van der Waals surface area contributed by atoms with Gasteiger partial charge in [0.1, 0.15) is 0 Å². The van der Waals surface area contributed by atoms with Gasteiger partial charge in [-0.25, -0.2) is 0 Å². The van der Waals surface area contributed by atoms with Crippen molar-refractivity contribution in [1.29, 1.82) is 0 Å². The first-order valence-corrected chi connectivity index (χ1v) is 8.07. The molecule has 2 nitrogen and oxygen atoms in total. The van der Waals surface area contributed by atoms with Crippen LogP contribution in [0.3, 0.4) is 0 Å². The third-order valence-corrected chi connectivity index (χ3v) is 5.01. The largest absolute Gasteiger partial charge is 0.309 e. The van der Waals surface area contributed by atoms with Crippen LogP contribution in [0, 0.1) is 5.41 Å². The number of rotatable bonds is 4. The van der Waals surface area contributed by atoms with Crippen LogP contribution < -0.4 is 0 Å². The second-order valence-electron chi connectivity index (χ2n) is 6.95. The molecule has 1 saturated carbocycles. The van der Waals surface area contributed by atoms with Crippen molar-refractivity contribution < 1.29 is 0 Å². The van der Waals surface area contributed by atoms with Gasteiger partial charge in [0.05, 0.1) is 0 Å². The summed E-state index contributed by atoms with van der Waals surface area (Å²) in [5.74, 6) is 0. The lowest BCUT2D eigenvalue weighted by Crippen LogP contribution is -2.30. The Hall–Kier alpha value is -0.0800. The van der Waals surface area contributed by atoms with Gasteiger partial charge in [0.15, 0.2) is 0 Å². The summed E-state index contributed by atoms with van der Waals surface area (Å²) >= 11 is 0. The van der Waals surface area contributed by atoms with Crippen molar-refractivity contribution in [2.75, 3.05) is 40.3 Å². The van der Waals surface area contributed by atoms with Crippen molar-refractivity contribution in [2.45, 2.75) is 57.8 Å². The number of hydrogen-bond donors (Lipinski definition) is 0.